The molecular weight excluding hydrogens is 248 g/mol. The number of hydroxylamine groups is 1. The van der Waals surface area contributed by atoms with Crippen molar-refractivity contribution in [3.05, 3.63) is 0 Å². The molecule has 0 saturated heterocycles. The Morgan fingerprint density at radius 1 is 1.58 bits per heavy atom. The lowest BCUT2D eigenvalue weighted by Crippen LogP contribution is -2.44. The van der Waals surface area contributed by atoms with Crippen LogP contribution in [0, 0.1) is 11.3 Å². The Labute approximate surface area is 112 Å². The number of aliphatic imine (C=N–C) groups is 1. The second-order valence-corrected chi connectivity index (χ2v) is 4.61. The quantitative estimate of drug-likeness (QED) is 0.377. The molecule has 1 heterocycles. The highest BCUT2D eigenvalue weighted by molar-refractivity contribution is 6.40. The van der Waals surface area contributed by atoms with Crippen molar-refractivity contribution < 1.29 is 14.8 Å². The Morgan fingerprint density at radius 3 is 2.84 bits per heavy atom. The normalized spacial score (nSPS) is 16.6. The van der Waals surface area contributed by atoms with Crippen molar-refractivity contribution >= 4 is 23.2 Å². The minimum absolute atomic E-state index is 0.0282. The number of carbonyl (C=O) groups is 2. The molecule has 0 aromatic carbocycles. The van der Waals surface area contributed by atoms with E-state index in [1.807, 2.05) is 13.8 Å². The number of nitrogens with one attached hydrogen (secondary N) is 2. The lowest BCUT2D eigenvalue weighted by Gasteiger charge is -2.28. The maximum Gasteiger partial charge on any atom is 0.288 e. The van der Waals surface area contributed by atoms with E-state index >= 15 is 0 Å². The molecule has 3 N–H and O–H groups in total. The molecule has 7 heteroatoms. The van der Waals surface area contributed by atoms with E-state index in [0.717, 1.165) is 6.42 Å². The highest BCUT2D eigenvalue weighted by Gasteiger charge is 2.24. The number of hydrogen-bond acceptors (Lipinski definition) is 5. The molecule has 1 atom stereocenters. The van der Waals surface area contributed by atoms with Gasteiger partial charge >= 0.3 is 0 Å². The van der Waals surface area contributed by atoms with Crippen LogP contribution < -0.4 is 5.48 Å². The van der Waals surface area contributed by atoms with Crippen molar-refractivity contribution in [3.63, 3.8) is 0 Å². The van der Waals surface area contributed by atoms with E-state index in [9.17, 15) is 9.59 Å². The zero-order valence-electron chi connectivity index (χ0n) is 11.3. The van der Waals surface area contributed by atoms with Crippen LogP contribution in [-0.2, 0) is 9.59 Å². The van der Waals surface area contributed by atoms with Gasteiger partial charge in [0.05, 0.1) is 13.1 Å². The smallest absolute Gasteiger partial charge is 0.288 e. The van der Waals surface area contributed by atoms with Gasteiger partial charge in [-0.1, -0.05) is 13.8 Å². The maximum absolute atomic E-state index is 12.0. The summed E-state index contributed by atoms with van der Waals surface area (Å²) in [7, 11) is 0. The molecule has 0 spiro atoms. The molecule has 0 aromatic rings. The van der Waals surface area contributed by atoms with E-state index < -0.39 is 5.91 Å². The van der Waals surface area contributed by atoms with Crippen molar-refractivity contribution in [2.45, 2.75) is 26.7 Å². The third kappa shape index (κ3) is 4.13. The van der Waals surface area contributed by atoms with E-state index in [1.165, 1.54) is 5.48 Å². The van der Waals surface area contributed by atoms with E-state index in [2.05, 4.69) is 4.99 Å². The summed E-state index contributed by atoms with van der Waals surface area (Å²) in [4.78, 5) is 29.0. The average molecular weight is 268 g/mol. The van der Waals surface area contributed by atoms with Crippen LogP contribution >= 0.6 is 0 Å². The Balaban J connectivity index is 2.59. The summed E-state index contributed by atoms with van der Waals surface area (Å²) in [6, 6.07) is 0. The summed E-state index contributed by atoms with van der Waals surface area (Å²) < 4.78 is 0. The molecule has 2 amide bonds. The summed E-state index contributed by atoms with van der Waals surface area (Å²) in [6.07, 6.45) is 0.835. The van der Waals surface area contributed by atoms with Crippen LogP contribution in [0.1, 0.15) is 26.7 Å². The first kappa shape index (κ1) is 15.3. The van der Waals surface area contributed by atoms with Gasteiger partial charge < -0.3 is 4.90 Å². The molecule has 0 bridgehead atoms. The molecule has 1 aliphatic rings. The SMILES string of the molecule is CCC(C)C(=O)N1CCN=C(CC(=N)C(=O)NO)C1. The van der Waals surface area contributed by atoms with Gasteiger partial charge in [-0.2, -0.15) is 0 Å². The monoisotopic (exact) mass is 268 g/mol. The van der Waals surface area contributed by atoms with Crippen LogP contribution in [0.5, 0.6) is 0 Å². The number of rotatable bonds is 5. The van der Waals surface area contributed by atoms with E-state index in [1.54, 1.807) is 4.90 Å². The fourth-order valence-corrected chi connectivity index (χ4v) is 1.82. The molecule has 19 heavy (non-hydrogen) atoms. The van der Waals surface area contributed by atoms with E-state index in [4.69, 9.17) is 10.6 Å². The zero-order chi connectivity index (χ0) is 14.4. The topological polar surface area (TPSA) is 106 Å². The summed E-state index contributed by atoms with van der Waals surface area (Å²) in [5, 5.41) is 15.9. The first-order chi connectivity index (χ1) is 8.99. The second kappa shape index (κ2) is 6.98. The van der Waals surface area contributed by atoms with Gasteiger partial charge in [0.2, 0.25) is 5.91 Å². The lowest BCUT2D eigenvalue weighted by molar-refractivity contribution is -0.134. The number of amides is 2. The Bertz CT molecular complexity index is 406. The predicted molar refractivity (Wildman–Crippen MR) is 70.6 cm³/mol. The Morgan fingerprint density at radius 2 is 2.26 bits per heavy atom. The molecule has 0 radical (unpaired) electrons. The number of hydrogen-bond donors (Lipinski definition) is 3. The Kier molecular flexibility index (Phi) is 5.62. The minimum atomic E-state index is -0.840. The van der Waals surface area contributed by atoms with Gasteiger partial charge in [-0.25, -0.2) is 5.48 Å². The lowest BCUT2D eigenvalue weighted by atomic mass is 10.1. The van der Waals surface area contributed by atoms with E-state index in [-0.39, 0.29) is 24.0 Å². The average Bonchev–Trinajstić information content (AvgIpc) is 2.44. The third-order valence-electron chi connectivity index (χ3n) is 3.18. The van der Waals surface area contributed by atoms with Crippen LogP contribution in [0.2, 0.25) is 0 Å². The summed E-state index contributed by atoms with van der Waals surface area (Å²) in [5.74, 6) is -0.791. The van der Waals surface area contributed by atoms with Gasteiger partial charge in [0.1, 0.15) is 5.71 Å². The molecule has 0 saturated carbocycles. The standard InChI is InChI=1S/C12H20N4O3/c1-3-8(2)12(18)16-5-4-14-9(7-16)6-10(13)11(17)15-19/h8,13,19H,3-7H2,1-2H3,(H,15,17). The fraction of sp³-hybridized carbons (Fsp3) is 0.667. The maximum atomic E-state index is 12.0. The first-order valence-electron chi connectivity index (χ1n) is 6.32. The predicted octanol–water partition coefficient (Wildman–Crippen LogP) is 0.231. The van der Waals surface area contributed by atoms with Crippen molar-refractivity contribution in [2.75, 3.05) is 19.6 Å². The molecule has 7 nitrogen and oxygen atoms in total. The van der Waals surface area contributed by atoms with Crippen molar-refractivity contribution in [2.24, 2.45) is 10.9 Å². The molecule has 0 fully saturated rings. The van der Waals surface area contributed by atoms with Crippen LogP contribution in [0.25, 0.3) is 0 Å². The van der Waals surface area contributed by atoms with Crippen LogP contribution in [-0.4, -0.2) is 53.0 Å². The first-order valence-corrected chi connectivity index (χ1v) is 6.32. The highest BCUT2D eigenvalue weighted by Crippen LogP contribution is 2.10. The van der Waals surface area contributed by atoms with Gasteiger partial charge in [0.15, 0.2) is 0 Å². The molecule has 1 rings (SSSR count). The van der Waals surface area contributed by atoms with Crippen molar-refractivity contribution in [1.29, 1.82) is 5.41 Å². The molecule has 1 unspecified atom stereocenters. The Hall–Kier alpha value is -1.76. The largest absolute Gasteiger partial charge is 0.335 e. The molecule has 1 aliphatic heterocycles. The van der Waals surface area contributed by atoms with Crippen LogP contribution in [0.15, 0.2) is 4.99 Å². The van der Waals surface area contributed by atoms with Gasteiger partial charge in [-0.05, 0) is 6.42 Å². The van der Waals surface area contributed by atoms with Crippen LogP contribution in [0.3, 0.4) is 0 Å². The zero-order valence-corrected chi connectivity index (χ0v) is 11.3. The fourth-order valence-electron chi connectivity index (χ4n) is 1.82. The van der Waals surface area contributed by atoms with Crippen LogP contribution in [0.4, 0.5) is 0 Å². The van der Waals surface area contributed by atoms with Gasteiger partial charge in [-0.3, -0.25) is 25.2 Å². The number of nitrogens with zero attached hydrogens (tertiary/aromatic N) is 2. The van der Waals surface area contributed by atoms with Crippen molar-refractivity contribution in [1.82, 2.24) is 10.4 Å². The minimum Gasteiger partial charge on any atom is -0.335 e. The van der Waals surface area contributed by atoms with Gasteiger partial charge in [0, 0.05) is 24.6 Å². The van der Waals surface area contributed by atoms with Gasteiger partial charge in [-0.15, -0.1) is 0 Å². The molecule has 0 aromatic heterocycles. The van der Waals surface area contributed by atoms with Crippen molar-refractivity contribution in [3.8, 4) is 0 Å². The summed E-state index contributed by atoms with van der Waals surface area (Å²) >= 11 is 0. The molecule has 106 valence electrons. The molecule has 0 aliphatic carbocycles. The van der Waals surface area contributed by atoms with E-state index in [0.29, 0.717) is 25.3 Å². The second-order valence-electron chi connectivity index (χ2n) is 4.61. The summed E-state index contributed by atoms with van der Waals surface area (Å²) in [6.45, 7) is 5.26. The number of carbonyl (C=O) groups excluding carboxylic acids is 2. The van der Waals surface area contributed by atoms with Gasteiger partial charge in [0.25, 0.3) is 5.91 Å². The highest BCUT2D eigenvalue weighted by atomic mass is 16.5. The molecular formula is C12H20N4O3. The summed E-state index contributed by atoms with van der Waals surface area (Å²) in [5.41, 5.74) is 1.77. The third-order valence-corrected chi connectivity index (χ3v) is 3.18.